The molecule has 4 rings (SSSR count). The number of piperazine rings is 1. The molecule has 5 nitrogen and oxygen atoms in total. The van der Waals surface area contributed by atoms with Crippen LogP contribution in [-0.2, 0) is 15.0 Å². The Balaban J connectivity index is 1.33. The van der Waals surface area contributed by atoms with Gasteiger partial charge in [-0.2, -0.15) is 0 Å². The standard InChI is InChI=1S/C22H30ClN3O2/c23-19-7-5-18(6-8-19)22(9-4-10-22)21(28)26-15-13-24(14-16-26)17-20(27)25-11-2-1-3-12-25/h5-8H,1-4,9-17H2. The van der Waals surface area contributed by atoms with Gasteiger partial charge in [-0.25, -0.2) is 0 Å². The van der Waals surface area contributed by atoms with E-state index in [9.17, 15) is 9.59 Å². The summed E-state index contributed by atoms with van der Waals surface area (Å²) in [7, 11) is 0. The zero-order valence-electron chi connectivity index (χ0n) is 16.5. The van der Waals surface area contributed by atoms with E-state index < -0.39 is 0 Å². The largest absolute Gasteiger partial charge is 0.342 e. The first-order valence-corrected chi connectivity index (χ1v) is 11.0. The van der Waals surface area contributed by atoms with E-state index >= 15 is 0 Å². The number of amides is 2. The Morgan fingerprint density at radius 2 is 1.46 bits per heavy atom. The lowest BCUT2D eigenvalue weighted by molar-refractivity contribution is -0.143. The van der Waals surface area contributed by atoms with Crippen LogP contribution < -0.4 is 0 Å². The van der Waals surface area contributed by atoms with Crippen molar-refractivity contribution in [3.8, 4) is 0 Å². The van der Waals surface area contributed by atoms with E-state index in [0.717, 1.165) is 63.8 Å². The van der Waals surface area contributed by atoms with Crippen molar-refractivity contribution in [1.29, 1.82) is 0 Å². The topological polar surface area (TPSA) is 43.9 Å². The second-order valence-corrected chi connectivity index (χ2v) is 8.89. The van der Waals surface area contributed by atoms with Crippen LogP contribution in [0.15, 0.2) is 24.3 Å². The Morgan fingerprint density at radius 1 is 0.821 bits per heavy atom. The molecule has 0 bridgehead atoms. The Kier molecular flexibility index (Phi) is 5.93. The average Bonchev–Trinajstić information content (AvgIpc) is 2.69. The molecule has 1 saturated carbocycles. The highest BCUT2D eigenvalue weighted by atomic mass is 35.5. The lowest BCUT2D eigenvalue weighted by Crippen LogP contribution is -2.57. The number of halogens is 1. The van der Waals surface area contributed by atoms with Gasteiger partial charge in [0.1, 0.15) is 0 Å². The molecule has 2 heterocycles. The molecule has 0 unspecified atom stereocenters. The van der Waals surface area contributed by atoms with Crippen LogP contribution in [0.4, 0.5) is 0 Å². The quantitative estimate of drug-likeness (QED) is 0.776. The third-order valence-electron chi connectivity index (χ3n) is 6.74. The third kappa shape index (κ3) is 3.92. The fourth-order valence-corrected chi connectivity index (χ4v) is 4.90. The van der Waals surface area contributed by atoms with Crippen LogP contribution in [0.3, 0.4) is 0 Å². The molecular weight excluding hydrogens is 374 g/mol. The minimum Gasteiger partial charge on any atom is -0.342 e. The van der Waals surface area contributed by atoms with E-state index in [4.69, 9.17) is 11.6 Å². The molecule has 1 aliphatic carbocycles. The summed E-state index contributed by atoms with van der Waals surface area (Å²) in [6, 6.07) is 7.78. The second kappa shape index (κ2) is 8.42. The van der Waals surface area contributed by atoms with E-state index in [0.29, 0.717) is 24.7 Å². The fourth-order valence-electron chi connectivity index (χ4n) is 4.77. The van der Waals surface area contributed by atoms with Gasteiger partial charge in [-0.3, -0.25) is 14.5 Å². The number of benzene rings is 1. The van der Waals surface area contributed by atoms with Gasteiger partial charge in [0.15, 0.2) is 0 Å². The number of likely N-dealkylation sites (tertiary alicyclic amines) is 1. The Labute approximate surface area is 172 Å². The average molecular weight is 404 g/mol. The number of nitrogens with zero attached hydrogens (tertiary/aromatic N) is 3. The molecule has 1 aromatic rings. The molecule has 0 atom stereocenters. The van der Waals surface area contributed by atoms with Crippen LogP contribution in [0.2, 0.25) is 5.02 Å². The summed E-state index contributed by atoms with van der Waals surface area (Å²) < 4.78 is 0. The second-order valence-electron chi connectivity index (χ2n) is 8.45. The number of hydrogen-bond donors (Lipinski definition) is 0. The highest BCUT2D eigenvalue weighted by Gasteiger charge is 2.48. The number of carbonyl (C=O) groups excluding carboxylic acids is 2. The van der Waals surface area contributed by atoms with Crippen molar-refractivity contribution in [2.75, 3.05) is 45.8 Å². The van der Waals surface area contributed by atoms with E-state index in [1.165, 1.54) is 6.42 Å². The molecule has 0 spiro atoms. The zero-order chi connectivity index (χ0) is 19.6. The molecule has 0 radical (unpaired) electrons. The van der Waals surface area contributed by atoms with Crippen LogP contribution in [0.25, 0.3) is 0 Å². The van der Waals surface area contributed by atoms with Gasteiger partial charge in [0.25, 0.3) is 0 Å². The Hall–Kier alpha value is -1.59. The van der Waals surface area contributed by atoms with E-state index in [2.05, 4.69) is 4.90 Å². The van der Waals surface area contributed by atoms with Gasteiger partial charge >= 0.3 is 0 Å². The van der Waals surface area contributed by atoms with Gasteiger partial charge in [0, 0.05) is 44.3 Å². The molecule has 152 valence electrons. The zero-order valence-corrected chi connectivity index (χ0v) is 17.3. The highest BCUT2D eigenvalue weighted by Crippen LogP contribution is 2.45. The van der Waals surface area contributed by atoms with Gasteiger partial charge in [-0.15, -0.1) is 0 Å². The maximum Gasteiger partial charge on any atom is 0.236 e. The SMILES string of the molecule is O=C(CN1CCN(C(=O)C2(c3ccc(Cl)cc3)CCC2)CC1)N1CCCCC1. The molecule has 2 saturated heterocycles. The van der Waals surface area contributed by atoms with Crippen molar-refractivity contribution in [3.63, 3.8) is 0 Å². The summed E-state index contributed by atoms with van der Waals surface area (Å²) >= 11 is 6.03. The number of rotatable bonds is 4. The third-order valence-corrected chi connectivity index (χ3v) is 6.99. The minimum atomic E-state index is -0.365. The van der Waals surface area contributed by atoms with E-state index in [1.54, 1.807) is 0 Å². The molecule has 0 N–H and O–H groups in total. The van der Waals surface area contributed by atoms with Crippen LogP contribution >= 0.6 is 11.6 Å². The van der Waals surface area contributed by atoms with Crippen molar-refractivity contribution in [1.82, 2.24) is 14.7 Å². The number of hydrogen-bond acceptors (Lipinski definition) is 3. The van der Waals surface area contributed by atoms with Crippen LogP contribution in [0.5, 0.6) is 0 Å². The molecule has 3 aliphatic rings. The summed E-state index contributed by atoms with van der Waals surface area (Å²) in [6.07, 6.45) is 6.42. The lowest BCUT2D eigenvalue weighted by Gasteiger charge is -2.46. The molecule has 3 fully saturated rings. The summed E-state index contributed by atoms with van der Waals surface area (Å²) in [4.78, 5) is 32.1. The molecule has 0 aromatic heterocycles. The monoisotopic (exact) mass is 403 g/mol. The Bertz CT molecular complexity index is 703. The highest BCUT2D eigenvalue weighted by molar-refractivity contribution is 6.30. The maximum atomic E-state index is 13.4. The Morgan fingerprint density at radius 3 is 2.04 bits per heavy atom. The first kappa shape index (κ1) is 19.7. The number of piperidine rings is 1. The van der Waals surface area contributed by atoms with Crippen molar-refractivity contribution in [3.05, 3.63) is 34.9 Å². The maximum absolute atomic E-state index is 13.4. The van der Waals surface area contributed by atoms with Gasteiger partial charge < -0.3 is 9.80 Å². The summed E-state index contributed by atoms with van der Waals surface area (Å²) in [5.41, 5.74) is 0.729. The summed E-state index contributed by atoms with van der Waals surface area (Å²) in [6.45, 7) is 5.28. The molecule has 6 heteroatoms. The van der Waals surface area contributed by atoms with E-state index in [1.807, 2.05) is 34.1 Å². The van der Waals surface area contributed by atoms with Gasteiger partial charge in [-0.05, 0) is 49.8 Å². The fraction of sp³-hybridized carbons (Fsp3) is 0.636. The van der Waals surface area contributed by atoms with Crippen molar-refractivity contribution in [2.24, 2.45) is 0 Å². The molecule has 2 aliphatic heterocycles. The summed E-state index contributed by atoms with van der Waals surface area (Å²) in [5.74, 6) is 0.499. The van der Waals surface area contributed by atoms with Gasteiger partial charge in [0.2, 0.25) is 11.8 Å². The van der Waals surface area contributed by atoms with Crippen LogP contribution in [0.1, 0.15) is 44.1 Å². The van der Waals surface area contributed by atoms with Gasteiger partial charge in [-0.1, -0.05) is 30.2 Å². The first-order valence-electron chi connectivity index (χ1n) is 10.6. The lowest BCUT2D eigenvalue weighted by atomic mass is 9.63. The van der Waals surface area contributed by atoms with Crippen LogP contribution in [0, 0.1) is 0 Å². The smallest absolute Gasteiger partial charge is 0.236 e. The minimum absolute atomic E-state index is 0.246. The molecular formula is C22H30ClN3O2. The van der Waals surface area contributed by atoms with Crippen LogP contribution in [-0.4, -0.2) is 72.3 Å². The normalized spacial score (nSPS) is 22.6. The molecule has 2 amide bonds. The number of carbonyl (C=O) groups is 2. The predicted molar refractivity (Wildman–Crippen MR) is 110 cm³/mol. The molecule has 1 aromatic carbocycles. The first-order chi connectivity index (χ1) is 13.6. The van der Waals surface area contributed by atoms with Crippen molar-refractivity contribution < 1.29 is 9.59 Å². The van der Waals surface area contributed by atoms with E-state index in [-0.39, 0.29) is 17.2 Å². The van der Waals surface area contributed by atoms with Crippen molar-refractivity contribution in [2.45, 2.75) is 43.9 Å². The molecule has 28 heavy (non-hydrogen) atoms. The van der Waals surface area contributed by atoms with Crippen molar-refractivity contribution >= 4 is 23.4 Å². The van der Waals surface area contributed by atoms with Gasteiger partial charge in [0.05, 0.1) is 12.0 Å². The summed E-state index contributed by atoms with van der Waals surface area (Å²) in [5, 5.41) is 0.706. The predicted octanol–water partition coefficient (Wildman–Crippen LogP) is 2.92.